The number of benzene rings is 1. The van der Waals surface area contributed by atoms with Gasteiger partial charge in [-0.3, -0.25) is 4.79 Å². The molecule has 0 saturated carbocycles. The molecule has 0 unspecified atom stereocenters. The molecule has 0 aromatic heterocycles. The smallest absolute Gasteiger partial charge is 0.225 e. The molecule has 0 saturated heterocycles. The molecule has 0 bridgehead atoms. The summed E-state index contributed by atoms with van der Waals surface area (Å²) in [6, 6.07) is 6.79. The zero-order valence-electron chi connectivity index (χ0n) is 11.8. The molecule has 1 aromatic rings. The van der Waals surface area contributed by atoms with E-state index in [1.165, 1.54) is 0 Å². The maximum atomic E-state index is 11.7. The minimum atomic E-state index is -3.13. The number of amides is 1. The number of nitrogens with two attached hydrogens (primary N) is 1. The Hall–Kier alpha value is -1.56. The minimum Gasteiger partial charge on any atom is -0.399 e. The highest BCUT2D eigenvalue weighted by atomic mass is 32.2. The molecule has 0 heterocycles. The lowest BCUT2D eigenvalue weighted by Crippen LogP contribution is -2.19. The van der Waals surface area contributed by atoms with E-state index < -0.39 is 9.84 Å². The molecular formula is C14H22N2O3S. The Morgan fingerprint density at radius 2 is 2.00 bits per heavy atom. The summed E-state index contributed by atoms with van der Waals surface area (Å²) in [7, 11) is -3.13. The fourth-order valence-corrected chi connectivity index (χ4v) is 3.11. The van der Waals surface area contributed by atoms with Crippen molar-refractivity contribution in [2.75, 3.05) is 22.6 Å². The number of sulfone groups is 1. The van der Waals surface area contributed by atoms with Crippen molar-refractivity contribution in [3.05, 3.63) is 24.3 Å². The molecule has 20 heavy (non-hydrogen) atoms. The van der Waals surface area contributed by atoms with Crippen LogP contribution in [0.2, 0.25) is 0 Å². The topological polar surface area (TPSA) is 89.3 Å². The normalized spacial score (nSPS) is 11.2. The lowest BCUT2D eigenvalue weighted by atomic mass is 10.3. The zero-order chi connectivity index (χ0) is 15.0. The van der Waals surface area contributed by atoms with Gasteiger partial charge in [-0.25, -0.2) is 8.42 Å². The first-order valence-corrected chi connectivity index (χ1v) is 8.61. The lowest BCUT2D eigenvalue weighted by Gasteiger charge is -2.06. The number of hydrogen-bond donors (Lipinski definition) is 2. The van der Waals surface area contributed by atoms with Crippen LogP contribution < -0.4 is 11.1 Å². The zero-order valence-corrected chi connectivity index (χ0v) is 12.6. The highest BCUT2D eigenvalue weighted by Gasteiger charge is 2.13. The van der Waals surface area contributed by atoms with Crippen molar-refractivity contribution in [2.24, 2.45) is 0 Å². The van der Waals surface area contributed by atoms with E-state index in [0.29, 0.717) is 17.8 Å². The molecule has 0 aliphatic rings. The van der Waals surface area contributed by atoms with Gasteiger partial charge in [0.1, 0.15) is 0 Å². The third-order valence-corrected chi connectivity index (χ3v) is 4.61. The van der Waals surface area contributed by atoms with Gasteiger partial charge in [-0.2, -0.15) is 0 Å². The van der Waals surface area contributed by atoms with Crippen LogP contribution >= 0.6 is 0 Å². The van der Waals surface area contributed by atoms with Crippen LogP contribution in [-0.4, -0.2) is 25.8 Å². The number of rotatable bonds is 8. The van der Waals surface area contributed by atoms with E-state index in [4.69, 9.17) is 5.73 Å². The Kier molecular flexibility index (Phi) is 6.51. The van der Waals surface area contributed by atoms with E-state index in [-0.39, 0.29) is 23.8 Å². The van der Waals surface area contributed by atoms with Crippen LogP contribution in [0.1, 0.15) is 32.6 Å². The number of unbranched alkanes of at least 4 members (excludes halogenated alkanes) is 2. The highest BCUT2D eigenvalue weighted by Crippen LogP contribution is 2.12. The SMILES string of the molecule is CCCCCS(=O)(=O)CCC(=O)Nc1cccc(N)c1. The van der Waals surface area contributed by atoms with Gasteiger partial charge in [0.15, 0.2) is 9.84 Å². The molecule has 0 radical (unpaired) electrons. The summed E-state index contributed by atoms with van der Waals surface area (Å²) >= 11 is 0. The van der Waals surface area contributed by atoms with Gasteiger partial charge in [0.25, 0.3) is 0 Å². The third-order valence-electron chi connectivity index (χ3n) is 2.87. The predicted octanol–water partition coefficient (Wildman–Crippen LogP) is 2.20. The summed E-state index contributed by atoms with van der Waals surface area (Å²) in [5, 5.41) is 2.64. The second-order valence-electron chi connectivity index (χ2n) is 4.78. The maximum Gasteiger partial charge on any atom is 0.225 e. The van der Waals surface area contributed by atoms with Crippen molar-refractivity contribution >= 4 is 27.1 Å². The fourth-order valence-electron chi connectivity index (χ4n) is 1.76. The van der Waals surface area contributed by atoms with Crippen molar-refractivity contribution in [3.63, 3.8) is 0 Å². The standard InChI is InChI=1S/C14H22N2O3S/c1-2-3-4-9-20(18,19)10-8-14(17)16-13-7-5-6-12(15)11-13/h5-7,11H,2-4,8-10,15H2,1H3,(H,16,17). The monoisotopic (exact) mass is 298 g/mol. The number of hydrogen-bond acceptors (Lipinski definition) is 4. The van der Waals surface area contributed by atoms with Crippen LogP contribution in [0.4, 0.5) is 11.4 Å². The van der Waals surface area contributed by atoms with Crippen LogP contribution in [-0.2, 0) is 14.6 Å². The summed E-state index contributed by atoms with van der Waals surface area (Å²) < 4.78 is 23.4. The second-order valence-corrected chi connectivity index (χ2v) is 7.09. The Labute approximate surface area is 120 Å². The van der Waals surface area contributed by atoms with Gasteiger partial charge in [-0.05, 0) is 24.6 Å². The molecule has 3 N–H and O–H groups in total. The van der Waals surface area contributed by atoms with E-state index in [0.717, 1.165) is 12.8 Å². The second kappa shape index (κ2) is 7.89. The molecule has 1 rings (SSSR count). The molecule has 6 heteroatoms. The molecule has 0 fully saturated rings. The Bertz CT molecular complexity index is 541. The Balaban J connectivity index is 2.39. The average molecular weight is 298 g/mol. The number of carbonyl (C=O) groups excluding carboxylic acids is 1. The number of nitrogen functional groups attached to an aromatic ring is 1. The molecule has 0 aliphatic heterocycles. The summed E-state index contributed by atoms with van der Waals surface area (Å²) in [6.07, 6.45) is 2.51. The van der Waals surface area contributed by atoms with Gasteiger partial charge in [0.05, 0.1) is 11.5 Å². The van der Waals surface area contributed by atoms with Gasteiger partial charge >= 0.3 is 0 Å². The van der Waals surface area contributed by atoms with Crippen LogP contribution in [0.15, 0.2) is 24.3 Å². The van der Waals surface area contributed by atoms with E-state index in [1.54, 1.807) is 24.3 Å². The Morgan fingerprint density at radius 1 is 1.25 bits per heavy atom. The van der Waals surface area contributed by atoms with Gasteiger partial charge in [-0.15, -0.1) is 0 Å². The summed E-state index contributed by atoms with van der Waals surface area (Å²) in [4.78, 5) is 11.7. The largest absolute Gasteiger partial charge is 0.399 e. The van der Waals surface area contributed by atoms with Crippen LogP contribution in [0.5, 0.6) is 0 Å². The van der Waals surface area contributed by atoms with E-state index in [9.17, 15) is 13.2 Å². The molecule has 1 aromatic carbocycles. The van der Waals surface area contributed by atoms with Crippen molar-refractivity contribution in [1.82, 2.24) is 0 Å². The van der Waals surface area contributed by atoms with Gasteiger partial charge < -0.3 is 11.1 Å². The maximum absolute atomic E-state index is 11.7. The van der Waals surface area contributed by atoms with Crippen molar-refractivity contribution in [3.8, 4) is 0 Å². The molecular weight excluding hydrogens is 276 g/mol. The predicted molar refractivity (Wildman–Crippen MR) is 82.3 cm³/mol. The average Bonchev–Trinajstić information content (AvgIpc) is 2.37. The van der Waals surface area contributed by atoms with Gasteiger partial charge in [0.2, 0.25) is 5.91 Å². The quantitative estimate of drug-likeness (QED) is 0.569. The first-order chi connectivity index (χ1) is 9.43. The highest BCUT2D eigenvalue weighted by molar-refractivity contribution is 7.91. The van der Waals surface area contributed by atoms with Crippen molar-refractivity contribution in [2.45, 2.75) is 32.6 Å². The molecule has 5 nitrogen and oxygen atoms in total. The lowest BCUT2D eigenvalue weighted by molar-refractivity contribution is -0.115. The molecule has 112 valence electrons. The molecule has 1 amide bonds. The summed E-state index contributed by atoms with van der Waals surface area (Å²) in [5.41, 5.74) is 6.73. The van der Waals surface area contributed by atoms with E-state index >= 15 is 0 Å². The van der Waals surface area contributed by atoms with Crippen molar-refractivity contribution in [1.29, 1.82) is 0 Å². The molecule has 0 atom stereocenters. The third kappa shape index (κ3) is 6.56. The van der Waals surface area contributed by atoms with Gasteiger partial charge in [-0.1, -0.05) is 25.8 Å². The Morgan fingerprint density at radius 3 is 2.65 bits per heavy atom. The van der Waals surface area contributed by atoms with Crippen LogP contribution in [0.25, 0.3) is 0 Å². The summed E-state index contributed by atoms with van der Waals surface area (Å²) in [6.45, 7) is 2.02. The first-order valence-electron chi connectivity index (χ1n) is 6.79. The van der Waals surface area contributed by atoms with Crippen molar-refractivity contribution < 1.29 is 13.2 Å². The fraction of sp³-hybridized carbons (Fsp3) is 0.500. The van der Waals surface area contributed by atoms with Gasteiger partial charge in [0, 0.05) is 17.8 Å². The number of nitrogens with one attached hydrogen (secondary N) is 1. The van der Waals surface area contributed by atoms with Crippen LogP contribution in [0.3, 0.4) is 0 Å². The van der Waals surface area contributed by atoms with E-state index in [1.807, 2.05) is 6.92 Å². The number of anilines is 2. The number of carbonyl (C=O) groups is 1. The van der Waals surface area contributed by atoms with E-state index in [2.05, 4.69) is 5.32 Å². The minimum absolute atomic E-state index is 0.0245. The molecule has 0 aliphatic carbocycles. The first kappa shape index (κ1) is 16.5. The molecule has 0 spiro atoms. The summed E-state index contributed by atoms with van der Waals surface area (Å²) in [5.74, 6) is -0.258. The van der Waals surface area contributed by atoms with Crippen LogP contribution in [0, 0.1) is 0 Å².